The minimum absolute atomic E-state index is 0.0583. The molecule has 0 bridgehead atoms. The van der Waals surface area contributed by atoms with Crippen LogP contribution >= 0.6 is 11.3 Å². The third-order valence-electron chi connectivity index (χ3n) is 3.77. The molecule has 1 atom stereocenters. The van der Waals surface area contributed by atoms with Gasteiger partial charge in [-0.05, 0) is 35.4 Å². The van der Waals surface area contributed by atoms with Crippen LogP contribution in [0.1, 0.15) is 21.3 Å². The van der Waals surface area contributed by atoms with Gasteiger partial charge in [-0.2, -0.15) is 13.2 Å². The lowest BCUT2D eigenvalue weighted by molar-refractivity contribution is -0.206. The lowest BCUT2D eigenvalue weighted by Crippen LogP contribution is -2.19. The van der Waals surface area contributed by atoms with Crippen LogP contribution in [-0.4, -0.2) is 17.2 Å². The zero-order valence-corrected chi connectivity index (χ0v) is 14.4. The number of anilines is 1. The van der Waals surface area contributed by atoms with E-state index in [2.05, 4.69) is 5.32 Å². The van der Waals surface area contributed by atoms with Gasteiger partial charge in [0.2, 0.25) is 0 Å². The summed E-state index contributed by atoms with van der Waals surface area (Å²) in [5.41, 5.74) is 0.395. The van der Waals surface area contributed by atoms with Gasteiger partial charge < -0.3 is 10.4 Å². The minimum Gasteiger partial charge on any atom is -0.379 e. The van der Waals surface area contributed by atoms with Crippen molar-refractivity contribution >= 4 is 22.9 Å². The first-order chi connectivity index (χ1) is 12.8. The van der Waals surface area contributed by atoms with Crippen molar-refractivity contribution in [2.45, 2.75) is 12.3 Å². The first-order valence-electron chi connectivity index (χ1n) is 7.76. The number of benzene rings is 2. The molecular formula is C19H13F4NO2S. The van der Waals surface area contributed by atoms with Gasteiger partial charge in [-0.3, -0.25) is 4.79 Å². The molecule has 0 spiro atoms. The molecule has 8 heteroatoms. The Hall–Kier alpha value is -2.71. The first-order valence-corrected chi connectivity index (χ1v) is 8.58. The maximum Gasteiger partial charge on any atom is 0.418 e. The van der Waals surface area contributed by atoms with Gasteiger partial charge in [0, 0.05) is 4.88 Å². The van der Waals surface area contributed by atoms with E-state index in [1.165, 1.54) is 42.5 Å². The van der Waals surface area contributed by atoms with E-state index in [4.69, 9.17) is 0 Å². The second kappa shape index (κ2) is 7.50. The Morgan fingerprint density at radius 1 is 1.00 bits per heavy atom. The van der Waals surface area contributed by atoms with Crippen LogP contribution in [0.5, 0.6) is 0 Å². The molecule has 0 aliphatic heterocycles. The van der Waals surface area contributed by atoms with Crippen molar-refractivity contribution in [1.29, 1.82) is 0 Å². The Morgan fingerprint density at radius 2 is 1.67 bits per heavy atom. The van der Waals surface area contributed by atoms with E-state index in [0.717, 1.165) is 11.3 Å². The average Bonchev–Trinajstić information content (AvgIpc) is 3.12. The number of para-hydroxylation sites is 1. The summed E-state index contributed by atoms with van der Waals surface area (Å²) in [7, 11) is 0. The highest BCUT2D eigenvalue weighted by atomic mass is 32.1. The number of rotatable bonds is 4. The number of carbonyl (C=O) groups excluding carboxylic acids is 1. The Balaban J connectivity index is 1.76. The van der Waals surface area contributed by atoms with Gasteiger partial charge in [0.25, 0.3) is 5.91 Å². The van der Waals surface area contributed by atoms with Crippen LogP contribution in [0.25, 0.3) is 10.4 Å². The van der Waals surface area contributed by atoms with E-state index in [1.807, 2.05) is 0 Å². The Morgan fingerprint density at radius 3 is 2.30 bits per heavy atom. The summed E-state index contributed by atoms with van der Waals surface area (Å²) in [5, 5.41) is 11.7. The lowest BCUT2D eigenvalue weighted by Gasteiger charge is -2.14. The largest absolute Gasteiger partial charge is 0.418 e. The number of hydrogen-bond acceptors (Lipinski definition) is 3. The van der Waals surface area contributed by atoms with Crippen LogP contribution in [0, 0.1) is 5.82 Å². The van der Waals surface area contributed by atoms with Crippen LogP contribution < -0.4 is 5.32 Å². The SMILES string of the molecule is O=C(Nc1ccccc1F)c1ccc(-c2ccc(C(O)C(F)(F)F)cc2)s1. The normalized spacial score (nSPS) is 12.6. The van der Waals surface area contributed by atoms with E-state index in [-0.39, 0.29) is 11.3 Å². The van der Waals surface area contributed by atoms with Crippen LogP contribution in [0.15, 0.2) is 60.7 Å². The molecule has 3 rings (SSSR count). The third kappa shape index (κ3) is 4.35. The Kier molecular flexibility index (Phi) is 5.29. The number of nitrogens with one attached hydrogen (secondary N) is 1. The molecule has 0 saturated carbocycles. The molecule has 2 N–H and O–H groups in total. The second-order valence-corrected chi connectivity index (χ2v) is 6.75. The van der Waals surface area contributed by atoms with Crippen molar-refractivity contribution in [2.24, 2.45) is 0 Å². The molecule has 3 nitrogen and oxygen atoms in total. The fraction of sp³-hybridized carbons (Fsp3) is 0.105. The van der Waals surface area contributed by atoms with Gasteiger partial charge in [0.15, 0.2) is 6.10 Å². The molecule has 1 amide bonds. The molecule has 27 heavy (non-hydrogen) atoms. The molecule has 0 fully saturated rings. The molecule has 0 aliphatic rings. The predicted molar refractivity (Wildman–Crippen MR) is 95.1 cm³/mol. The van der Waals surface area contributed by atoms with Crippen LogP contribution in [-0.2, 0) is 0 Å². The van der Waals surface area contributed by atoms with Gasteiger partial charge in [-0.15, -0.1) is 11.3 Å². The standard InChI is InChI=1S/C19H13F4NO2S/c20-13-3-1-2-4-14(13)24-18(26)16-10-9-15(27-16)11-5-7-12(8-6-11)17(25)19(21,22)23/h1-10,17,25H,(H,24,26). The highest BCUT2D eigenvalue weighted by Crippen LogP contribution is 2.34. The minimum atomic E-state index is -4.73. The maximum atomic E-state index is 13.6. The monoisotopic (exact) mass is 395 g/mol. The van der Waals surface area contributed by atoms with Crippen molar-refractivity contribution in [2.75, 3.05) is 5.32 Å². The second-order valence-electron chi connectivity index (χ2n) is 5.66. The summed E-state index contributed by atoms with van der Waals surface area (Å²) in [6.45, 7) is 0. The Labute approximate surface area is 155 Å². The summed E-state index contributed by atoms with van der Waals surface area (Å²) in [6, 6.07) is 14.2. The van der Waals surface area contributed by atoms with Gasteiger partial charge in [-0.25, -0.2) is 4.39 Å². The number of aliphatic hydroxyl groups is 1. The van der Waals surface area contributed by atoms with E-state index in [9.17, 15) is 27.5 Å². The van der Waals surface area contributed by atoms with Gasteiger partial charge in [0.1, 0.15) is 5.82 Å². The molecule has 1 heterocycles. The molecule has 1 aromatic heterocycles. The molecular weight excluding hydrogens is 382 g/mol. The van der Waals surface area contributed by atoms with Crippen LogP contribution in [0.2, 0.25) is 0 Å². The van der Waals surface area contributed by atoms with Gasteiger partial charge >= 0.3 is 6.18 Å². The average molecular weight is 395 g/mol. The lowest BCUT2D eigenvalue weighted by atomic mass is 10.1. The summed E-state index contributed by atoms with van der Waals surface area (Å²) < 4.78 is 51.2. The summed E-state index contributed by atoms with van der Waals surface area (Å²) in [6.07, 6.45) is -7.28. The topological polar surface area (TPSA) is 49.3 Å². The number of hydrogen-bond donors (Lipinski definition) is 2. The molecule has 140 valence electrons. The predicted octanol–water partition coefficient (Wildman–Crippen LogP) is 5.40. The zero-order valence-electron chi connectivity index (χ0n) is 13.6. The van der Waals surface area contributed by atoms with Gasteiger partial charge in [0.05, 0.1) is 10.6 Å². The van der Waals surface area contributed by atoms with Gasteiger partial charge in [-0.1, -0.05) is 36.4 Å². The van der Waals surface area contributed by atoms with E-state index in [1.54, 1.807) is 18.2 Å². The maximum absolute atomic E-state index is 13.6. The molecule has 1 unspecified atom stereocenters. The first kappa shape index (κ1) is 19.1. The van der Waals surface area contributed by atoms with Crippen molar-refractivity contribution in [3.63, 3.8) is 0 Å². The number of halogens is 4. The van der Waals surface area contributed by atoms with Crippen molar-refractivity contribution in [3.05, 3.63) is 76.9 Å². The number of thiophene rings is 1. The molecule has 0 saturated heterocycles. The fourth-order valence-electron chi connectivity index (χ4n) is 2.38. The quantitative estimate of drug-likeness (QED) is 0.581. The van der Waals surface area contributed by atoms with Crippen LogP contribution in [0.4, 0.5) is 23.2 Å². The molecule has 0 aliphatic carbocycles. The third-order valence-corrected chi connectivity index (χ3v) is 4.91. The summed E-state index contributed by atoms with van der Waals surface area (Å²) >= 11 is 1.12. The Bertz CT molecular complexity index is 951. The summed E-state index contributed by atoms with van der Waals surface area (Å²) in [4.78, 5) is 13.2. The van der Waals surface area contributed by atoms with E-state index in [0.29, 0.717) is 15.3 Å². The van der Waals surface area contributed by atoms with Crippen molar-refractivity contribution < 1.29 is 27.5 Å². The highest BCUT2D eigenvalue weighted by molar-refractivity contribution is 7.17. The summed E-state index contributed by atoms with van der Waals surface area (Å²) in [5.74, 6) is -1.04. The van der Waals surface area contributed by atoms with Crippen molar-refractivity contribution in [3.8, 4) is 10.4 Å². The zero-order chi connectivity index (χ0) is 19.6. The van der Waals surface area contributed by atoms with E-state index >= 15 is 0 Å². The molecule has 0 radical (unpaired) electrons. The fourth-order valence-corrected chi connectivity index (χ4v) is 3.29. The number of carbonyl (C=O) groups is 1. The number of alkyl halides is 3. The number of aliphatic hydroxyl groups excluding tert-OH is 1. The van der Waals surface area contributed by atoms with E-state index < -0.39 is 24.0 Å². The molecule has 2 aromatic carbocycles. The van der Waals surface area contributed by atoms with Crippen LogP contribution in [0.3, 0.4) is 0 Å². The molecule has 3 aromatic rings. The highest BCUT2D eigenvalue weighted by Gasteiger charge is 2.39. The van der Waals surface area contributed by atoms with Crippen molar-refractivity contribution in [1.82, 2.24) is 0 Å². The smallest absolute Gasteiger partial charge is 0.379 e. The number of amides is 1.